The van der Waals surface area contributed by atoms with Crippen LogP contribution in [-0.4, -0.2) is 83.5 Å². The first-order valence-corrected chi connectivity index (χ1v) is 10.6. The van der Waals surface area contributed by atoms with Gasteiger partial charge in [-0.2, -0.15) is 5.10 Å². The van der Waals surface area contributed by atoms with Crippen LogP contribution in [0.3, 0.4) is 0 Å². The van der Waals surface area contributed by atoms with Crippen LogP contribution in [0.4, 0.5) is 0 Å². The number of hydrogen-bond donors (Lipinski definition) is 0. The van der Waals surface area contributed by atoms with Crippen LogP contribution in [0.15, 0.2) is 4.79 Å². The Morgan fingerprint density at radius 3 is 2.62 bits per heavy atom. The van der Waals surface area contributed by atoms with Crippen LogP contribution in [-0.2, 0) is 33.1 Å². The number of carbonyl (C=O) groups is 1. The number of nitrogens with zero attached hydrogens (tertiary/aromatic N) is 5. The van der Waals surface area contributed by atoms with Crippen LogP contribution < -0.4 is 5.69 Å². The molecule has 2 saturated heterocycles. The third-order valence-corrected chi connectivity index (χ3v) is 6.21. The zero-order valence-electron chi connectivity index (χ0n) is 15.1. The summed E-state index contributed by atoms with van der Waals surface area (Å²) in [7, 11) is -1.67. The van der Waals surface area contributed by atoms with E-state index in [0.717, 1.165) is 6.42 Å². The highest BCUT2D eigenvalue weighted by Gasteiger charge is 2.30. The Morgan fingerprint density at radius 2 is 1.96 bits per heavy atom. The number of ether oxygens (including phenoxy) is 1. The van der Waals surface area contributed by atoms with Gasteiger partial charge in [-0.1, -0.05) is 0 Å². The summed E-state index contributed by atoms with van der Waals surface area (Å²) in [5, 5.41) is 4.35. The van der Waals surface area contributed by atoms with E-state index in [1.165, 1.54) is 19.8 Å². The quantitative estimate of drug-likeness (QED) is 0.628. The van der Waals surface area contributed by atoms with Crippen molar-refractivity contribution in [3.63, 3.8) is 0 Å². The SMILES string of the molecule is Cn1c(C2CCCN(S(C)(=O)=O)C2)nn(CC(=O)N2CCOCC2)c1=O. The lowest BCUT2D eigenvalue weighted by Crippen LogP contribution is -2.43. The molecule has 3 rings (SSSR count). The minimum atomic E-state index is -3.28. The summed E-state index contributed by atoms with van der Waals surface area (Å²) in [4.78, 5) is 26.5. The molecule has 1 amide bonds. The fourth-order valence-electron chi connectivity index (χ4n) is 3.46. The first-order valence-electron chi connectivity index (χ1n) is 8.71. The van der Waals surface area contributed by atoms with Crippen LogP contribution in [0.1, 0.15) is 24.6 Å². The van der Waals surface area contributed by atoms with E-state index in [1.54, 1.807) is 11.9 Å². The lowest BCUT2D eigenvalue weighted by atomic mass is 9.99. The van der Waals surface area contributed by atoms with Gasteiger partial charge < -0.3 is 9.64 Å². The van der Waals surface area contributed by atoms with Crippen LogP contribution in [0.25, 0.3) is 0 Å². The van der Waals surface area contributed by atoms with Gasteiger partial charge in [0.25, 0.3) is 0 Å². The second-order valence-corrected chi connectivity index (χ2v) is 8.79. The largest absolute Gasteiger partial charge is 0.378 e. The summed E-state index contributed by atoms with van der Waals surface area (Å²) in [6.45, 7) is 2.70. The molecule has 1 aromatic rings. The van der Waals surface area contributed by atoms with Crippen molar-refractivity contribution >= 4 is 15.9 Å². The summed E-state index contributed by atoms with van der Waals surface area (Å²) >= 11 is 0. The van der Waals surface area contributed by atoms with Crippen molar-refractivity contribution in [1.29, 1.82) is 0 Å². The van der Waals surface area contributed by atoms with Crippen molar-refractivity contribution in [2.75, 3.05) is 45.6 Å². The number of piperidine rings is 1. The maximum Gasteiger partial charge on any atom is 0.346 e. The first-order chi connectivity index (χ1) is 12.3. The monoisotopic (exact) mass is 387 g/mol. The van der Waals surface area contributed by atoms with E-state index < -0.39 is 10.0 Å². The lowest BCUT2D eigenvalue weighted by Gasteiger charge is -2.30. The number of sulfonamides is 1. The molecule has 26 heavy (non-hydrogen) atoms. The fraction of sp³-hybridized carbons (Fsp3) is 0.800. The number of rotatable bonds is 4. The van der Waals surface area contributed by atoms with E-state index in [2.05, 4.69) is 5.10 Å². The maximum atomic E-state index is 12.5. The molecule has 0 bridgehead atoms. The van der Waals surface area contributed by atoms with Gasteiger partial charge in [0.2, 0.25) is 15.9 Å². The van der Waals surface area contributed by atoms with Gasteiger partial charge in [0.15, 0.2) is 0 Å². The third kappa shape index (κ3) is 3.99. The number of amides is 1. The minimum absolute atomic E-state index is 0.116. The first kappa shape index (κ1) is 19.1. The Bertz CT molecular complexity index is 824. The molecule has 1 aromatic heterocycles. The zero-order chi connectivity index (χ0) is 18.9. The molecule has 10 nitrogen and oxygen atoms in total. The smallest absolute Gasteiger partial charge is 0.346 e. The maximum absolute atomic E-state index is 12.5. The molecular formula is C15H25N5O5S. The van der Waals surface area contributed by atoms with Gasteiger partial charge in [0.1, 0.15) is 12.4 Å². The summed E-state index contributed by atoms with van der Waals surface area (Å²) in [5.74, 6) is 0.204. The second kappa shape index (κ2) is 7.49. The van der Waals surface area contributed by atoms with E-state index in [9.17, 15) is 18.0 Å². The van der Waals surface area contributed by atoms with Gasteiger partial charge in [-0.3, -0.25) is 9.36 Å². The molecule has 2 aliphatic heterocycles. The number of hydrogen-bond acceptors (Lipinski definition) is 6. The lowest BCUT2D eigenvalue weighted by molar-refractivity contribution is -0.136. The average molecular weight is 387 g/mol. The van der Waals surface area contributed by atoms with Gasteiger partial charge in [-0.25, -0.2) is 22.2 Å². The van der Waals surface area contributed by atoms with Crippen molar-refractivity contribution in [3.8, 4) is 0 Å². The molecule has 11 heteroatoms. The van der Waals surface area contributed by atoms with Gasteiger partial charge in [-0.15, -0.1) is 0 Å². The Morgan fingerprint density at radius 1 is 1.27 bits per heavy atom. The standard InChI is InChI=1S/C15H25N5O5S/c1-17-14(12-4-3-5-19(10-12)26(2,23)24)16-20(15(17)22)11-13(21)18-6-8-25-9-7-18/h12H,3-11H2,1-2H3. The number of morpholine rings is 1. The van der Waals surface area contributed by atoms with E-state index in [1.807, 2.05) is 0 Å². The molecule has 3 heterocycles. The third-order valence-electron chi connectivity index (χ3n) is 4.94. The second-order valence-electron chi connectivity index (χ2n) is 6.81. The molecule has 1 atom stereocenters. The molecule has 0 saturated carbocycles. The normalized spacial score (nSPS) is 22.5. The van der Waals surface area contributed by atoms with Crippen LogP contribution in [0.5, 0.6) is 0 Å². The molecule has 0 radical (unpaired) electrons. The highest BCUT2D eigenvalue weighted by atomic mass is 32.2. The van der Waals surface area contributed by atoms with Crippen molar-refractivity contribution < 1.29 is 17.9 Å². The van der Waals surface area contributed by atoms with Crippen molar-refractivity contribution in [3.05, 3.63) is 16.3 Å². The van der Waals surface area contributed by atoms with E-state index in [4.69, 9.17) is 4.74 Å². The highest BCUT2D eigenvalue weighted by Crippen LogP contribution is 2.26. The van der Waals surface area contributed by atoms with Gasteiger partial charge in [0.05, 0.1) is 19.5 Å². The average Bonchev–Trinajstić information content (AvgIpc) is 2.90. The summed E-state index contributed by atoms with van der Waals surface area (Å²) in [6.07, 6.45) is 2.66. The Kier molecular flexibility index (Phi) is 5.49. The molecule has 0 aliphatic carbocycles. The predicted octanol–water partition coefficient (Wildman–Crippen LogP) is -1.42. The van der Waals surface area contributed by atoms with E-state index >= 15 is 0 Å². The van der Waals surface area contributed by atoms with Gasteiger partial charge in [0, 0.05) is 39.1 Å². The zero-order valence-corrected chi connectivity index (χ0v) is 15.9. The molecule has 0 spiro atoms. The molecule has 1 unspecified atom stereocenters. The van der Waals surface area contributed by atoms with Crippen molar-refractivity contribution in [2.24, 2.45) is 7.05 Å². The van der Waals surface area contributed by atoms with Crippen molar-refractivity contribution in [1.82, 2.24) is 23.6 Å². The number of carbonyl (C=O) groups excluding carboxylic acids is 1. The number of aromatic nitrogens is 3. The fourth-order valence-corrected chi connectivity index (χ4v) is 4.37. The molecule has 2 fully saturated rings. The Balaban J connectivity index is 1.76. The molecule has 0 N–H and O–H groups in total. The van der Waals surface area contributed by atoms with Crippen molar-refractivity contribution in [2.45, 2.75) is 25.3 Å². The van der Waals surface area contributed by atoms with Crippen LogP contribution >= 0.6 is 0 Å². The van der Waals surface area contributed by atoms with Crippen LogP contribution in [0, 0.1) is 0 Å². The van der Waals surface area contributed by atoms with Gasteiger partial charge in [-0.05, 0) is 12.8 Å². The van der Waals surface area contributed by atoms with Crippen LogP contribution in [0.2, 0.25) is 0 Å². The Labute approximate surface area is 152 Å². The molecule has 2 aliphatic rings. The summed E-state index contributed by atoms with van der Waals surface area (Å²) in [5.41, 5.74) is -0.363. The molecule has 0 aromatic carbocycles. The summed E-state index contributed by atoms with van der Waals surface area (Å²) < 4.78 is 32.9. The van der Waals surface area contributed by atoms with Gasteiger partial charge >= 0.3 is 5.69 Å². The van der Waals surface area contributed by atoms with E-state index in [-0.39, 0.29) is 24.1 Å². The molecule has 146 valence electrons. The predicted molar refractivity (Wildman–Crippen MR) is 93.3 cm³/mol. The highest BCUT2D eigenvalue weighted by molar-refractivity contribution is 7.88. The summed E-state index contributed by atoms with van der Waals surface area (Å²) in [6, 6.07) is 0. The minimum Gasteiger partial charge on any atom is -0.378 e. The molecular weight excluding hydrogens is 362 g/mol. The van der Waals surface area contributed by atoms with E-state index in [0.29, 0.717) is 51.6 Å². The topological polar surface area (TPSA) is 107 Å². The Hall–Kier alpha value is -1.72.